The van der Waals surface area contributed by atoms with Crippen molar-refractivity contribution in [2.24, 2.45) is 0 Å². The smallest absolute Gasteiger partial charge is 0.147 e. The van der Waals surface area contributed by atoms with E-state index in [0.29, 0.717) is 12.5 Å². The Labute approximate surface area is 108 Å². The molecule has 0 bridgehead atoms. The van der Waals surface area contributed by atoms with Crippen LogP contribution in [0.5, 0.6) is 0 Å². The van der Waals surface area contributed by atoms with Crippen molar-refractivity contribution >= 4 is 21.2 Å². The van der Waals surface area contributed by atoms with Crippen LogP contribution in [-0.2, 0) is 16.3 Å². The summed E-state index contributed by atoms with van der Waals surface area (Å²) in [7, 11) is -2.82. The first-order valence-electron chi connectivity index (χ1n) is 5.92. The fourth-order valence-corrected chi connectivity index (χ4v) is 3.22. The van der Waals surface area contributed by atoms with Gasteiger partial charge in [0.25, 0.3) is 0 Å². The van der Waals surface area contributed by atoms with Gasteiger partial charge in [0, 0.05) is 22.1 Å². The Bertz CT molecular complexity index is 437. The molecule has 1 N–H and O–H groups in total. The zero-order valence-corrected chi connectivity index (χ0v) is 12.3. The van der Waals surface area contributed by atoms with Crippen LogP contribution < -0.4 is 5.32 Å². The summed E-state index contributed by atoms with van der Waals surface area (Å²) in [4.78, 5) is 2.71. The minimum Gasteiger partial charge on any atom is -0.309 e. The Morgan fingerprint density at radius 2 is 2.12 bits per heavy atom. The van der Waals surface area contributed by atoms with E-state index in [1.165, 1.54) is 16.0 Å². The molecule has 1 atom stereocenters. The fraction of sp³-hybridized carbons (Fsp3) is 0.667. The molecule has 1 aromatic heterocycles. The number of hydrogen-bond acceptors (Lipinski definition) is 4. The van der Waals surface area contributed by atoms with Gasteiger partial charge in [-0.1, -0.05) is 6.92 Å². The van der Waals surface area contributed by atoms with Crippen molar-refractivity contribution < 1.29 is 8.42 Å². The Balaban J connectivity index is 2.32. The van der Waals surface area contributed by atoms with Crippen molar-refractivity contribution in [2.75, 3.05) is 18.6 Å². The maximum absolute atomic E-state index is 11.0. The summed E-state index contributed by atoms with van der Waals surface area (Å²) in [6, 6.07) is 4.62. The molecule has 17 heavy (non-hydrogen) atoms. The number of thiophene rings is 1. The molecule has 1 rings (SSSR count). The Kier molecular flexibility index (Phi) is 5.62. The molecule has 0 aromatic carbocycles. The van der Waals surface area contributed by atoms with Gasteiger partial charge in [-0.3, -0.25) is 0 Å². The highest BCUT2D eigenvalue weighted by molar-refractivity contribution is 7.90. The van der Waals surface area contributed by atoms with Crippen molar-refractivity contribution in [3.8, 4) is 0 Å². The van der Waals surface area contributed by atoms with E-state index in [1.54, 1.807) is 0 Å². The SMILES string of the molecule is CCc1ccc(C(C)NCCCS(C)(=O)=O)s1. The first kappa shape index (κ1) is 14.7. The highest BCUT2D eigenvalue weighted by Crippen LogP contribution is 2.23. The van der Waals surface area contributed by atoms with E-state index in [1.807, 2.05) is 11.3 Å². The number of aryl methyl sites for hydroxylation is 1. The van der Waals surface area contributed by atoms with Gasteiger partial charge in [-0.05, 0) is 38.4 Å². The van der Waals surface area contributed by atoms with Crippen molar-refractivity contribution in [1.82, 2.24) is 5.32 Å². The third kappa shape index (κ3) is 5.66. The summed E-state index contributed by atoms with van der Waals surface area (Å²) in [6.07, 6.45) is 3.03. The van der Waals surface area contributed by atoms with Gasteiger partial charge in [-0.25, -0.2) is 8.42 Å². The van der Waals surface area contributed by atoms with E-state index < -0.39 is 9.84 Å². The first-order chi connectivity index (χ1) is 7.92. The molecule has 0 radical (unpaired) electrons. The van der Waals surface area contributed by atoms with Crippen LogP contribution in [-0.4, -0.2) is 27.0 Å². The third-order valence-corrected chi connectivity index (χ3v) is 5.04. The van der Waals surface area contributed by atoms with Crippen LogP contribution in [0.2, 0.25) is 0 Å². The zero-order valence-electron chi connectivity index (χ0n) is 10.7. The lowest BCUT2D eigenvalue weighted by Crippen LogP contribution is -2.21. The van der Waals surface area contributed by atoms with Gasteiger partial charge in [0.15, 0.2) is 0 Å². The standard InChI is InChI=1S/C12H21NO2S2/c1-4-11-6-7-12(16-11)10(2)13-8-5-9-17(3,14)15/h6-7,10,13H,4-5,8-9H2,1-3H3. The lowest BCUT2D eigenvalue weighted by molar-refractivity contribution is 0.567. The number of rotatable bonds is 7. The molecule has 0 saturated carbocycles. The molecular formula is C12H21NO2S2. The molecule has 0 aliphatic rings. The van der Waals surface area contributed by atoms with Crippen LogP contribution >= 0.6 is 11.3 Å². The lowest BCUT2D eigenvalue weighted by Gasteiger charge is -2.11. The molecule has 1 unspecified atom stereocenters. The second-order valence-electron chi connectivity index (χ2n) is 4.32. The summed E-state index contributed by atoms with van der Waals surface area (Å²) < 4.78 is 21.9. The third-order valence-electron chi connectivity index (χ3n) is 2.60. The van der Waals surface area contributed by atoms with Crippen LogP contribution in [0.1, 0.15) is 36.1 Å². The summed E-state index contributed by atoms with van der Waals surface area (Å²) in [6.45, 7) is 5.01. The molecule has 0 amide bonds. The predicted octanol–water partition coefficient (Wildman–Crippen LogP) is 2.40. The Morgan fingerprint density at radius 3 is 2.65 bits per heavy atom. The molecular weight excluding hydrogens is 254 g/mol. The van der Waals surface area contributed by atoms with E-state index in [9.17, 15) is 8.42 Å². The molecule has 1 heterocycles. The van der Waals surface area contributed by atoms with Gasteiger partial charge in [0.2, 0.25) is 0 Å². The highest BCUT2D eigenvalue weighted by atomic mass is 32.2. The van der Waals surface area contributed by atoms with Crippen LogP contribution in [0.15, 0.2) is 12.1 Å². The first-order valence-corrected chi connectivity index (χ1v) is 8.80. The van der Waals surface area contributed by atoms with Gasteiger partial charge < -0.3 is 5.32 Å². The van der Waals surface area contributed by atoms with Gasteiger partial charge in [0.1, 0.15) is 9.84 Å². The molecule has 3 nitrogen and oxygen atoms in total. The number of hydrogen-bond donors (Lipinski definition) is 1. The highest BCUT2D eigenvalue weighted by Gasteiger charge is 2.08. The maximum atomic E-state index is 11.0. The van der Waals surface area contributed by atoms with Gasteiger partial charge in [-0.15, -0.1) is 11.3 Å². The van der Waals surface area contributed by atoms with Crippen molar-refractivity contribution in [3.63, 3.8) is 0 Å². The summed E-state index contributed by atoms with van der Waals surface area (Å²) in [5.74, 6) is 0.261. The quantitative estimate of drug-likeness (QED) is 0.777. The van der Waals surface area contributed by atoms with Gasteiger partial charge in [0.05, 0.1) is 5.75 Å². The number of nitrogens with one attached hydrogen (secondary N) is 1. The van der Waals surface area contributed by atoms with E-state index in [4.69, 9.17) is 0 Å². The zero-order chi connectivity index (χ0) is 12.9. The van der Waals surface area contributed by atoms with Gasteiger partial charge in [-0.2, -0.15) is 0 Å². The van der Waals surface area contributed by atoms with Crippen molar-refractivity contribution in [3.05, 3.63) is 21.9 Å². The average molecular weight is 275 g/mol. The minimum atomic E-state index is -2.82. The normalized spacial score (nSPS) is 13.8. The van der Waals surface area contributed by atoms with Crippen LogP contribution in [0.25, 0.3) is 0 Å². The molecule has 0 aliphatic heterocycles. The topological polar surface area (TPSA) is 46.2 Å². The Morgan fingerprint density at radius 1 is 1.41 bits per heavy atom. The van der Waals surface area contributed by atoms with Crippen LogP contribution in [0.4, 0.5) is 0 Å². The Hall–Kier alpha value is -0.390. The van der Waals surface area contributed by atoms with Crippen LogP contribution in [0, 0.1) is 0 Å². The summed E-state index contributed by atoms with van der Waals surface area (Å²) in [5, 5.41) is 3.35. The van der Waals surface area contributed by atoms with E-state index in [0.717, 1.165) is 13.0 Å². The molecule has 0 saturated heterocycles. The second-order valence-corrected chi connectivity index (χ2v) is 7.78. The molecule has 0 spiro atoms. The van der Waals surface area contributed by atoms with E-state index in [-0.39, 0.29) is 5.75 Å². The number of sulfone groups is 1. The average Bonchev–Trinajstić information content (AvgIpc) is 2.71. The van der Waals surface area contributed by atoms with Crippen molar-refractivity contribution in [2.45, 2.75) is 32.7 Å². The minimum absolute atomic E-state index is 0.261. The van der Waals surface area contributed by atoms with E-state index >= 15 is 0 Å². The lowest BCUT2D eigenvalue weighted by atomic mass is 10.2. The summed E-state index contributed by atoms with van der Waals surface area (Å²) >= 11 is 1.82. The van der Waals surface area contributed by atoms with Gasteiger partial charge >= 0.3 is 0 Å². The molecule has 5 heteroatoms. The van der Waals surface area contributed by atoms with Crippen molar-refractivity contribution in [1.29, 1.82) is 0 Å². The monoisotopic (exact) mass is 275 g/mol. The molecule has 0 aliphatic carbocycles. The fourth-order valence-electron chi connectivity index (χ4n) is 1.57. The van der Waals surface area contributed by atoms with Crippen LogP contribution in [0.3, 0.4) is 0 Å². The largest absolute Gasteiger partial charge is 0.309 e. The molecule has 1 aromatic rings. The maximum Gasteiger partial charge on any atom is 0.147 e. The van der Waals surface area contributed by atoms with E-state index in [2.05, 4.69) is 31.3 Å². The molecule has 98 valence electrons. The second kappa shape index (κ2) is 6.52. The predicted molar refractivity (Wildman–Crippen MR) is 74.4 cm³/mol. The molecule has 0 fully saturated rings. The summed E-state index contributed by atoms with van der Waals surface area (Å²) in [5.41, 5.74) is 0.